The number of unbranched alkanes of at least 4 members (excludes halogenated alkanes) is 1. The summed E-state index contributed by atoms with van der Waals surface area (Å²) in [7, 11) is -0.980. The zero-order valence-electron chi connectivity index (χ0n) is 15.3. The molecule has 1 unspecified atom stereocenters. The van der Waals surface area contributed by atoms with Crippen LogP contribution in [0.5, 0.6) is 0 Å². The highest BCUT2D eigenvalue weighted by atomic mass is 35.5. The minimum atomic E-state index is -0.980. The van der Waals surface area contributed by atoms with Crippen LogP contribution in [0, 0.1) is 0 Å². The van der Waals surface area contributed by atoms with Crippen LogP contribution in [0.2, 0.25) is 0 Å². The van der Waals surface area contributed by atoms with Gasteiger partial charge in [0.25, 0.3) is 0 Å². The second kappa shape index (κ2) is 8.31. The van der Waals surface area contributed by atoms with Crippen molar-refractivity contribution in [2.75, 3.05) is 10.6 Å². The molecule has 24 heavy (non-hydrogen) atoms. The van der Waals surface area contributed by atoms with Gasteiger partial charge in [-0.15, -0.1) is 0 Å². The van der Waals surface area contributed by atoms with Crippen molar-refractivity contribution >= 4 is 27.5 Å². The number of rotatable bonds is 7. The van der Waals surface area contributed by atoms with Crippen molar-refractivity contribution in [2.24, 2.45) is 0 Å². The van der Waals surface area contributed by atoms with E-state index < -0.39 is 10.0 Å². The molecule has 0 spiro atoms. The van der Waals surface area contributed by atoms with Gasteiger partial charge in [0.2, 0.25) is 0 Å². The van der Waals surface area contributed by atoms with Gasteiger partial charge in [-0.25, -0.2) is 10.0 Å². The molecule has 132 valence electrons. The van der Waals surface area contributed by atoms with Crippen molar-refractivity contribution in [2.45, 2.75) is 55.9 Å². The van der Waals surface area contributed by atoms with Gasteiger partial charge in [0.1, 0.15) is 0 Å². The summed E-state index contributed by atoms with van der Waals surface area (Å²) >= 11 is 5.70. The molecule has 0 saturated carbocycles. The third-order valence-electron chi connectivity index (χ3n) is 4.69. The van der Waals surface area contributed by atoms with Crippen molar-refractivity contribution in [3.63, 3.8) is 0 Å². The third-order valence-corrected chi connectivity index (χ3v) is 10.2. The van der Waals surface area contributed by atoms with Crippen molar-refractivity contribution in [3.05, 3.63) is 60.2 Å². The van der Waals surface area contributed by atoms with Crippen LogP contribution in [-0.2, 0) is 5.75 Å². The van der Waals surface area contributed by atoms with Crippen LogP contribution in [0.15, 0.2) is 59.5 Å². The maximum atomic E-state index is 5.70. The monoisotopic (exact) mass is 363 g/mol. The van der Waals surface area contributed by atoms with Crippen LogP contribution >= 0.6 is 21.8 Å². The van der Waals surface area contributed by atoms with Gasteiger partial charge in [-0.05, 0) is 39.5 Å². The maximum absolute atomic E-state index is 5.70. The minimum absolute atomic E-state index is 0.257. The van der Waals surface area contributed by atoms with Gasteiger partial charge in [-0.3, -0.25) is 4.84 Å². The van der Waals surface area contributed by atoms with Gasteiger partial charge in [-0.1, -0.05) is 76.6 Å². The second-order valence-electron chi connectivity index (χ2n) is 7.30. The Balaban J connectivity index is 2.47. The van der Waals surface area contributed by atoms with Crippen molar-refractivity contribution < 1.29 is 0 Å². The van der Waals surface area contributed by atoms with Crippen LogP contribution in [-0.4, -0.2) is 10.5 Å². The number of nitrogens with one attached hydrogen (secondary N) is 1. The average molecular weight is 364 g/mol. The fraction of sp³-hybridized carbons (Fsp3) is 0.429. The van der Waals surface area contributed by atoms with Gasteiger partial charge in [0.15, 0.2) is 0 Å². The summed E-state index contributed by atoms with van der Waals surface area (Å²) in [5.74, 6) is 2.41. The molecule has 3 heteroatoms. The Hall–Kier alpha value is -1.12. The van der Waals surface area contributed by atoms with Crippen LogP contribution in [0.25, 0.3) is 0 Å². The Morgan fingerprint density at radius 2 is 1.58 bits per heavy atom. The molecule has 1 nitrogen and oxygen atoms in total. The molecule has 0 radical (unpaired) electrons. The highest BCUT2D eigenvalue weighted by Gasteiger charge is 2.37. The summed E-state index contributed by atoms with van der Waals surface area (Å²) in [6, 6.07) is 19.7. The average Bonchev–Trinajstić information content (AvgIpc) is 2.59. The van der Waals surface area contributed by atoms with E-state index in [0.717, 1.165) is 11.4 Å². The summed E-state index contributed by atoms with van der Waals surface area (Å²) in [6.45, 7) is 9.54. The molecule has 0 aliphatic heterocycles. The molecule has 0 aliphatic carbocycles. The molecule has 1 N–H and O–H groups in total. The fourth-order valence-electron chi connectivity index (χ4n) is 3.17. The summed E-state index contributed by atoms with van der Waals surface area (Å²) in [5, 5.41) is 0. The molecule has 0 fully saturated rings. The Labute approximate surface area is 154 Å². The zero-order chi connectivity index (χ0) is 17.6. The van der Waals surface area contributed by atoms with E-state index in [2.05, 4.69) is 87.1 Å². The fourth-order valence-corrected chi connectivity index (χ4v) is 7.82. The smallest absolute Gasteiger partial charge is 0.0491 e. The first-order chi connectivity index (χ1) is 11.4. The van der Waals surface area contributed by atoms with E-state index in [-0.39, 0.29) is 4.75 Å². The molecule has 1 atom stereocenters. The van der Waals surface area contributed by atoms with E-state index in [1.807, 2.05) is 0 Å². The zero-order valence-corrected chi connectivity index (χ0v) is 16.9. The van der Waals surface area contributed by atoms with Crippen LogP contribution in [0.3, 0.4) is 0 Å². The molecular weight excluding hydrogens is 334 g/mol. The topological polar surface area (TPSA) is 12.0 Å². The lowest BCUT2D eigenvalue weighted by molar-refractivity contribution is 0.764. The molecule has 2 rings (SSSR count). The predicted molar refractivity (Wildman–Crippen MR) is 111 cm³/mol. The number of anilines is 1. The van der Waals surface area contributed by atoms with E-state index in [0.29, 0.717) is 0 Å². The van der Waals surface area contributed by atoms with Gasteiger partial charge in [0.05, 0.1) is 0 Å². The van der Waals surface area contributed by atoms with E-state index in [9.17, 15) is 0 Å². The van der Waals surface area contributed by atoms with E-state index in [1.165, 1.54) is 29.1 Å². The van der Waals surface area contributed by atoms with Crippen molar-refractivity contribution in [1.29, 1.82) is 0 Å². The molecule has 0 heterocycles. The molecule has 2 aromatic carbocycles. The first-order valence-corrected chi connectivity index (χ1v) is 11.1. The molecule has 2 aromatic rings. The third kappa shape index (κ3) is 4.29. The minimum Gasteiger partial charge on any atom is -0.299 e. The van der Waals surface area contributed by atoms with Gasteiger partial charge < -0.3 is 0 Å². The van der Waals surface area contributed by atoms with Gasteiger partial charge >= 0.3 is 0 Å². The molecule has 0 aromatic heterocycles. The Bertz CT molecular complexity index is 619. The van der Waals surface area contributed by atoms with Crippen LogP contribution in [0.4, 0.5) is 5.69 Å². The number of hydrogen-bond acceptors (Lipinski definition) is 1. The normalized spacial score (nSPS) is 15.5. The Morgan fingerprint density at radius 3 is 2.08 bits per heavy atom. The highest BCUT2D eigenvalue weighted by Crippen LogP contribution is 2.67. The SMILES string of the molecule is CCCCS(Cc1ccc(NCl)cc1)(c1ccccc1)C(C)(C)C. The van der Waals surface area contributed by atoms with E-state index in [1.54, 1.807) is 0 Å². The Kier molecular flexibility index (Phi) is 6.65. The molecule has 0 amide bonds. The lowest BCUT2D eigenvalue weighted by Crippen LogP contribution is -2.29. The van der Waals surface area contributed by atoms with Crippen LogP contribution in [0.1, 0.15) is 46.1 Å². The molecule has 0 saturated heterocycles. The first kappa shape index (κ1) is 19.2. The number of benzene rings is 2. The first-order valence-electron chi connectivity index (χ1n) is 8.72. The Morgan fingerprint density at radius 1 is 0.958 bits per heavy atom. The maximum Gasteiger partial charge on any atom is 0.0491 e. The molecule has 0 bridgehead atoms. The highest BCUT2D eigenvalue weighted by molar-refractivity contribution is 8.34. The lowest BCUT2D eigenvalue weighted by atomic mass is 10.2. The second-order valence-corrected chi connectivity index (χ2v) is 11.7. The van der Waals surface area contributed by atoms with Gasteiger partial charge in [-0.2, -0.15) is 0 Å². The van der Waals surface area contributed by atoms with Gasteiger partial charge in [0, 0.05) is 23.2 Å². The van der Waals surface area contributed by atoms with E-state index in [4.69, 9.17) is 11.8 Å². The van der Waals surface area contributed by atoms with E-state index >= 15 is 0 Å². The molecular formula is C21H30ClNS. The van der Waals surface area contributed by atoms with Crippen LogP contribution < -0.4 is 4.84 Å². The quantitative estimate of drug-likeness (QED) is 0.512. The largest absolute Gasteiger partial charge is 0.299 e. The summed E-state index contributed by atoms with van der Waals surface area (Å²) < 4.78 is 0.257. The summed E-state index contributed by atoms with van der Waals surface area (Å²) in [4.78, 5) is 4.23. The molecule has 0 aliphatic rings. The number of halogens is 1. The van der Waals surface area contributed by atoms with Crippen molar-refractivity contribution in [3.8, 4) is 0 Å². The lowest BCUT2D eigenvalue weighted by Gasteiger charge is -2.52. The summed E-state index contributed by atoms with van der Waals surface area (Å²) in [5.41, 5.74) is 2.35. The summed E-state index contributed by atoms with van der Waals surface area (Å²) in [6.07, 6.45) is 2.52. The predicted octanol–water partition coefficient (Wildman–Crippen LogP) is 7.21. The number of hydrogen-bond donors (Lipinski definition) is 1. The van der Waals surface area contributed by atoms with Crippen molar-refractivity contribution in [1.82, 2.24) is 0 Å². The standard InChI is InChI=1S/C21H30ClNS/c1-5-6-16-24(21(2,3)4,20-10-8-7-9-11-20)17-18-12-14-19(23-22)15-13-18/h7-15,23H,5-6,16-17H2,1-4H3.